The Morgan fingerprint density at radius 2 is 2.29 bits per heavy atom. The van der Waals surface area contributed by atoms with Crippen LogP contribution in [0.3, 0.4) is 0 Å². The van der Waals surface area contributed by atoms with Gasteiger partial charge in [0.25, 0.3) is 0 Å². The van der Waals surface area contributed by atoms with E-state index in [4.69, 9.17) is 9.84 Å². The molecule has 0 saturated carbocycles. The number of hydrogen-bond donors (Lipinski definition) is 3. The van der Waals surface area contributed by atoms with Crippen molar-refractivity contribution in [1.82, 2.24) is 5.32 Å². The average molecular weight is 238 g/mol. The molecule has 0 spiro atoms. The predicted molar refractivity (Wildman–Crippen MR) is 66.2 cm³/mol. The van der Waals surface area contributed by atoms with Crippen LogP contribution in [-0.2, 0) is 4.79 Å². The minimum atomic E-state index is -0.459. The van der Waals surface area contributed by atoms with Crippen molar-refractivity contribution >= 4 is 11.6 Å². The van der Waals surface area contributed by atoms with Gasteiger partial charge in [-0.1, -0.05) is 6.07 Å². The van der Waals surface area contributed by atoms with Gasteiger partial charge in [-0.2, -0.15) is 0 Å². The molecule has 1 rings (SSSR count). The Balaban J connectivity index is 2.39. The molecule has 3 N–H and O–H groups in total. The van der Waals surface area contributed by atoms with Crippen LogP contribution in [0.4, 0.5) is 5.69 Å². The van der Waals surface area contributed by atoms with E-state index in [-0.39, 0.29) is 12.5 Å². The number of methoxy groups -OCH3 is 1. The molecule has 0 aliphatic carbocycles. The first kappa shape index (κ1) is 13.5. The summed E-state index contributed by atoms with van der Waals surface area (Å²) in [7, 11) is 1.57. The van der Waals surface area contributed by atoms with Gasteiger partial charge in [0.2, 0.25) is 5.91 Å². The fourth-order valence-corrected chi connectivity index (χ4v) is 1.30. The van der Waals surface area contributed by atoms with Crippen LogP contribution in [0.5, 0.6) is 5.75 Å². The van der Waals surface area contributed by atoms with E-state index in [1.165, 1.54) is 0 Å². The van der Waals surface area contributed by atoms with Gasteiger partial charge >= 0.3 is 0 Å². The van der Waals surface area contributed by atoms with Crippen LogP contribution < -0.4 is 15.4 Å². The molecular weight excluding hydrogens is 220 g/mol. The summed E-state index contributed by atoms with van der Waals surface area (Å²) >= 11 is 0. The van der Waals surface area contributed by atoms with E-state index in [0.29, 0.717) is 18.0 Å². The normalized spacial score (nSPS) is 11.9. The molecule has 1 amide bonds. The summed E-state index contributed by atoms with van der Waals surface area (Å²) in [6, 6.07) is 7.14. The summed E-state index contributed by atoms with van der Waals surface area (Å²) in [5.74, 6) is 0.540. The highest BCUT2D eigenvalue weighted by atomic mass is 16.5. The number of carbonyl (C=O) groups excluding carboxylic acids is 1. The molecule has 0 bridgehead atoms. The first-order valence-corrected chi connectivity index (χ1v) is 5.44. The molecule has 5 nitrogen and oxygen atoms in total. The number of nitrogens with one attached hydrogen (secondary N) is 2. The zero-order valence-corrected chi connectivity index (χ0v) is 10.1. The summed E-state index contributed by atoms with van der Waals surface area (Å²) in [4.78, 5) is 11.5. The molecule has 1 aromatic carbocycles. The molecule has 0 fully saturated rings. The Labute approximate surface area is 101 Å². The summed E-state index contributed by atoms with van der Waals surface area (Å²) in [5.41, 5.74) is 0.688. The summed E-state index contributed by atoms with van der Waals surface area (Å²) < 4.78 is 5.05. The molecule has 0 aromatic heterocycles. The summed E-state index contributed by atoms with van der Waals surface area (Å²) in [5, 5.41) is 14.6. The van der Waals surface area contributed by atoms with Gasteiger partial charge in [-0.15, -0.1) is 0 Å². The van der Waals surface area contributed by atoms with Gasteiger partial charge in [0.05, 0.1) is 19.8 Å². The largest absolute Gasteiger partial charge is 0.497 e. The third-order valence-electron chi connectivity index (χ3n) is 2.08. The van der Waals surface area contributed by atoms with Crippen LogP contribution in [0.25, 0.3) is 0 Å². The van der Waals surface area contributed by atoms with Gasteiger partial charge < -0.3 is 20.5 Å². The third kappa shape index (κ3) is 5.33. The first-order chi connectivity index (χ1) is 8.11. The molecule has 0 aliphatic heterocycles. The smallest absolute Gasteiger partial charge is 0.238 e. The maximum Gasteiger partial charge on any atom is 0.238 e. The Bertz CT molecular complexity index is 367. The molecule has 0 aliphatic rings. The second-order valence-corrected chi connectivity index (χ2v) is 3.76. The lowest BCUT2D eigenvalue weighted by Gasteiger charge is -2.08. The van der Waals surface area contributed by atoms with E-state index >= 15 is 0 Å². The highest BCUT2D eigenvalue weighted by molar-refractivity contribution is 5.92. The number of anilines is 1. The molecule has 0 saturated heterocycles. The third-order valence-corrected chi connectivity index (χ3v) is 2.08. The maximum atomic E-state index is 11.5. The van der Waals surface area contributed by atoms with E-state index in [9.17, 15) is 4.79 Å². The number of ether oxygens (including phenoxy) is 1. The van der Waals surface area contributed by atoms with Gasteiger partial charge in [0.15, 0.2) is 0 Å². The van der Waals surface area contributed by atoms with Crippen LogP contribution >= 0.6 is 0 Å². The van der Waals surface area contributed by atoms with Gasteiger partial charge in [-0.05, 0) is 19.1 Å². The Kier molecular flexibility index (Phi) is 5.45. The molecule has 17 heavy (non-hydrogen) atoms. The van der Waals surface area contributed by atoms with Gasteiger partial charge in [0.1, 0.15) is 5.75 Å². The van der Waals surface area contributed by atoms with E-state index in [0.717, 1.165) is 0 Å². The number of aliphatic hydroxyl groups is 1. The average Bonchev–Trinajstić information content (AvgIpc) is 2.28. The fourth-order valence-electron chi connectivity index (χ4n) is 1.30. The lowest BCUT2D eigenvalue weighted by molar-refractivity contribution is -0.115. The van der Waals surface area contributed by atoms with Crippen molar-refractivity contribution in [3.05, 3.63) is 24.3 Å². The molecule has 5 heteroatoms. The molecule has 1 unspecified atom stereocenters. The molecular formula is C12H18N2O3. The molecule has 94 valence electrons. The lowest BCUT2D eigenvalue weighted by Crippen LogP contribution is -2.32. The van der Waals surface area contributed by atoms with E-state index in [1.54, 1.807) is 38.3 Å². The van der Waals surface area contributed by atoms with Crippen molar-refractivity contribution in [2.45, 2.75) is 13.0 Å². The zero-order chi connectivity index (χ0) is 12.7. The minimum Gasteiger partial charge on any atom is -0.497 e. The highest BCUT2D eigenvalue weighted by Gasteiger charge is 2.03. The van der Waals surface area contributed by atoms with Crippen molar-refractivity contribution in [1.29, 1.82) is 0 Å². The fraction of sp³-hybridized carbons (Fsp3) is 0.417. The Morgan fingerprint density at radius 1 is 1.53 bits per heavy atom. The van der Waals surface area contributed by atoms with Crippen molar-refractivity contribution < 1.29 is 14.6 Å². The van der Waals surface area contributed by atoms with E-state index in [2.05, 4.69) is 10.6 Å². The Morgan fingerprint density at radius 3 is 2.94 bits per heavy atom. The van der Waals surface area contributed by atoms with Gasteiger partial charge in [0, 0.05) is 18.3 Å². The number of amides is 1. The number of carbonyl (C=O) groups is 1. The van der Waals surface area contributed by atoms with Gasteiger partial charge in [-0.25, -0.2) is 0 Å². The number of hydrogen-bond acceptors (Lipinski definition) is 4. The predicted octanol–water partition coefficient (Wildman–Crippen LogP) is 0.604. The van der Waals surface area contributed by atoms with Crippen LogP contribution in [0, 0.1) is 0 Å². The lowest BCUT2D eigenvalue weighted by atomic mass is 10.3. The number of rotatable bonds is 6. The minimum absolute atomic E-state index is 0.154. The quantitative estimate of drug-likeness (QED) is 0.679. The molecule has 1 atom stereocenters. The second-order valence-electron chi connectivity index (χ2n) is 3.76. The standard InChI is InChI=1S/C12H18N2O3/c1-9(15)7-13-8-12(16)14-10-4-3-5-11(6-10)17-2/h3-6,9,13,15H,7-8H2,1-2H3,(H,14,16). The Hall–Kier alpha value is -1.59. The van der Waals surface area contributed by atoms with Crippen LogP contribution in [0.2, 0.25) is 0 Å². The monoisotopic (exact) mass is 238 g/mol. The maximum absolute atomic E-state index is 11.5. The number of benzene rings is 1. The van der Waals surface area contributed by atoms with Crippen molar-refractivity contribution in [2.75, 3.05) is 25.5 Å². The van der Waals surface area contributed by atoms with Crippen molar-refractivity contribution in [2.24, 2.45) is 0 Å². The summed E-state index contributed by atoms with van der Waals surface area (Å²) in [6.45, 7) is 2.22. The van der Waals surface area contributed by atoms with Crippen LogP contribution in [-0.4, -0.2) is 37.3 Å². The summed E-state index contributed by atoms with van der Waals surface area (Å²) in [6.07, 6.45) is -0.459. The first-order valence-electron chi connectivity index (χ1n) is 5.44. The van der Waals surface area contributed by atoms with E-state index in [1.807, 2.05) is 0 Å². The van der Waals surface area contributed by atoms with E-state index < -0.39 is 6.10 Å². The van der Waals surface area contributed by atoms with Crippen molar-refractivity contribution in [3.8, 4) is 5.75 Å². The van der Waals surface area contributed by atoms with Gasteiger partial charge in [-0.3, -0.25) is 4.79 Å². The topological polar surface area (TPSA) is 70.6 Å². The molecule has 1 aromatic rings. The van der Waals surface area contributed by atoms with Crippen LogP contribution in [0.15, 0.2) is 24.3 Å². The zero-order valence-electron chi connectivity index (χ0n) is 10.1. The molecule has 0 heterocycles. The highest BCUT2D eigenvalue weighted by Crippen LogP contribution is 2.16. The van der Waals surface area contributed by atoms with Crippen molar-refractivity contribution in [3.63, 3.8) is 0 Å². The molecule has 0 radical (unpaired) electrons. The van der Waals surface area contributed by atoms with Crippen LogP contribution in [0.1, 0.15) is 6.92 Å². The number of aliphatic hydroxyl groups excluding tert-OH is 1. The SMILES string of the molecule is COc1cccc(NC(=O)CNCC(C)O)c1. The second kappa shape index (κ2) is 6.88.